The molecule has 0 heterocycles. The Labute approximate surface area is 126 Å². The molecule has 0 saturated heterocycles. The summed E-state index contributed by atoms with van der Waals surface area (Å²) in [6.45, 7) is 2.18. The Bertz CT molecular complexity index is 258. The molecule has 0 aromatic rings. The lowest BCUT2D eigenvalue weighted by Gasteiger charge is -2.24. The number of rotatable bonds is 12. The van der Waals surface area contributed by atoms with Crippen LogP contribution >= 0.6 is 11.8 Å². The molecule has 120 valence electrons. The average molecular weight is 326 g/mol. The summed E-state index contributed by atoms with van der Waals surface area (Å²) in [5.74, 6) is 1.63. The Morgan fingerprint density at radius 3 is 2.40 bits per heavy atom. The summed E-state index contributed by atoms with van der Waals surface area (Å²) in [5.41, 5.74) is 0. The SMILES string of the molecule is CO[Si](CCCSCC(C)C(=O)NCCO)(OC)OC. The van der Waals surface area contributed by atoms with Crippen molar-refractivity contribution in [2.24, 2.45) is 5.92 Å². The van der Waals surface area contributed by atoms with E-state index in [0.29, 0.717) is 6.54 Å². The van der Waals surface area contributed by atoms with Gasteiger partial charge >= 0.3 is 8.80 Å². The maximum Gasteiger partial charge on any atom is 0.500 e. The predicted molar refractivity (Wildman–Crippen MR) is 82.8 cm³/mol. The van der Waals surface area contributed by atoms with Crippen LogP contribution < -0.4 is 5.32 Å². The van der Waals surface area contributed by atoms with Crippen molar-refractivity contribution >= 4 is 26.5 Å². The van der Waals surface area contributed by atoms with E-state index in [1.807, 2.05) is 6.92 Å². The van der Waals surface area contributed by atoms with Gasteiger partial charge in [0.15, 0.2) is 0 Å². The molecular formula is C12H27NO5SSi. The van der Waals surface area contributed by atoms with Crippen molar-refractivity contribution in [3.63, 3.8) is 0 Å². The van der Waals surface area contributed by atoms with E-state index in [4.69, 9.17) is 18.4 Å². The first-order valence-electron chi connectivity index (χ1n) is 6.67. The summed E-state index contributed by atoms with van der Waals surface area (Å²) >= 11 is 1.73. The zero-order chi connectivity index (χ0) is 15.4. The Kier molecular flexibility index (Phi) is 11.5. The molecule has 6 nitrogen and oxygen atoms in total. The quantitative estimate of drug-likeness (QED) is 0.407. The number of aliphatic hydroxyl groups excluding tert-OH is 1. The Morgan fingerprint density at radius 2 is 1.90 bits per heavy atom. The van der Waals surface area contributed by atoms with Gasteiger partial charge in [-0.2, -0.15) is 11.8 Å². The number of carbonyl (C=O) groups excluding carboxylic acids is 1. The van der Waals surface area contributed by atoms with Gasteiger partial charge in [0.1, 0.15) is 0 Å². The monoisotopic (exact) mass is 325 g/mol. The molecule has 1 amide bonds. The lowest BCUT2D eigenvalue weighted by atomic mass is 10.2. The standard InChI is InChI=1S/C12H27NO5SSi/c1-11(12(15)13-6-7-14)10-19-8-5-9-20(16-2,17-3)18-4/h11,14H,5-10H2,1-4H3,(H,13,15). The van der Waals surface area contributed by atoms with Crippen molar-refractivity contribution in [2.45, 2.75) is 19.4 Å². The number of nitrogens with one attached hydrogen (secondary N) is 1. The molecule has 0 aromatic heterocycles. The van der Waals surface area contributed by atoms with Gasteiger partial charge in [-0.05, 0) is 12.2 Å². The van der Waals surface area contributed by atoms with Crippen molar-refractivity contribution in [1.29, 1.82) is 0 Å². The fraction of sp³-hybridized carbons (Fsp3) is 0.917. The summed E-state index contributed by atoms with van der Waals surface area (Å²) in [5, 5.41) is 11.3. The third kappa shape index (κ3) is 7.60. The van der Waals surface area contributed by atoms with Crippen LogP contribution in [-0.4, -0.2) is 65.8 Å². The molecule has 1 atom stereocenters. The average Bonchev–Trinajstić information content (AvgIpc) is 2.48. The molecule has 8 heteroatoms. The van der Waals surface area contributed by atoms with Crippen molar-refractivity contribution in [3.05, 3.63) is 0 Å². The van der Waals surface area contributed by atoms with Gasteiger partial charge in [0, 0.05) is 45.6 Å². The predicted octanol–water partition coefficient (Wildman–Crippen LogP) is 0.732. The zero-order valence-electron chi connectivity index (χ0n) is 12.8. The van der Waals surface area contributed by atoms with Crippen LogP contribution in [-0.2, 0) is 18.1 Å². The van der Waals surface area contributed by atoms with Crippen LogP contribution in [0, 0.1) is 5.92 Å². The van der Waals surface area contributed by atoms with E-state index in [1.54, 1.807) is 33.1 Å². The van der Waals surface area contributed by atoms with Crippen molar-refractivity contribution in [3.8, 4) is 0 Å². The van der Waals surface area contributed by atoms with Crippen LogP contribution in [0.25, 0.3) is 0 Å². The molecular weight excluding hydrogens is 298 g/mol. The molecule has 0 saturated carbocycles. The summed E-state index contributed by atoms with van der Waals surface area (Å²) in [6.07, 6.45) is 0.928. The smallest absolute Gasteiger partial charge is 0.395 e. The van der Waals surface area contributed by atoms with Crippen LogP contribution in [0.2, 0.25) is 6.04 Å². The van der Waals surface area contributed by atoms with E-state index in [-0.39, 0.29) is 18.4 Å². The molecule has 0 fully saturated rings. The maximum absolute atomic E-state index is 11.6. The van der Waals surface area contributed by atoms with Crippen LogP contribution in [0.5, 0.6) is 0 Å². The van der Waals surface area contributed by atoms with Gasteiger partial charge in [-0.3, -0.25) is 4.79 Å². The number of thioether (sulfide) groups is 1. The van der Waals surface area contributed by atoms with E-state index in [0.717, 1.165) is 24.0 Å². The van der Waals surface area contributed by atoms with Crippen LogP contribution in [0.3, 0.4) is 0 Å². The summed E-state index contributed by atoms with van der Waals surface area (Å²) in [6, 6.07) is 0.772. The number of amides is 1. The first-order chi connectivity index (χ1) is 9.55. The number of hydrogen-bond donors (Lipinski definition) is 2. The zero-order valence-corrected chi connectivity index (χ0v) is 14.6. The maximum atomic E-state index is 11.6. The first kappa shape index (κ1) is 19.9. The Morgan fingerprint density at radius 1 is 1.30 bits per heavy atom. The van der Waals surface area contributed by atoms with Gasteiger partial charge in [-0.15, -0.1) is 0 Å². The number of carbonyl (C=O) groups is 1. The van der Waals surface area contributed by atoms with Crippen molar-refractivity contribution in [1.82, 2.24) is 5.32 Å². The molecule has 1 unspecified atom stereocenters. The minimum atomic E-state index is -2.45. The molecule has 0 aliphatic rings. The minimum absolute atomic E-state index is 0.0130. The van der Waals surface area contributed by atoms with E-state index in [2.05, 4.69) is 5.32 Å². The molecule has 0 rings (SSSR count). The molecule has 0 bridgehead atoms. The van der Waals surface area contributed by atoms with Gasteiger partial charge in [0.25, 0.3) is 0 Å². The summed E-state index contributed by atoms with van der Waals surface area (Å²) in [7, 11) is 2.38. The van der Waals surface area contributed by atoms with Gasteiger partial charge in [0.05, 0.1) is 6.61 Å². The van der Waals surface area contributed by atoms with Crippen LogP contribution in [0.4, 0.5) is 0 Å². The molecule has 0 aliphatic carbocycles. The lowest BCUT2D eigenvalue weighted by Crippen LogP contribution is -2.42. The van der Waals surface area contributed by atoms with Crippen LogP contribution in [0.1, 0.15) is 13.3 Å². The minimum Gasteiger partial charge on any atom is -0.395 e. The Hall–Kier alpha value is -0.123. The first-order valence-corrected chi connectivity index (χ1v) is 9.75. The van der Waals surface area contributed by atoms with Gasteiger partial charge in [0.2, 0.25) is 5.91 Å². The van der Waals surface area contributed by atoms with Gasteiger partial charge in [-0.1, -0.05) is 6.92 Å². The van der Waals surface area contributed by atoms with Gasteiger partial charge < -0.3 is 23.7 Å². The van der Waals surface area contributed by atoms with E-state index in [1.165, 1.54) is 0 Å². The molecule has 0 aromatic carbocycles. The highest BCUT2D eigenvalue weighted by Gasteiger charge is 2.36. The highest BCUT2D eigenvalue weighted by molar-refractivity contribution is 7.99. The Balaban J connectivity index is 3.78. The largest absolute Gasteiger partial charge is 0.500 e. The van der Waals surface area contributed by atoms with E-state index >= 15 is 0 Å². The van der Waals surface area contributed by atoms with Gasteiger partial charge in [-0.25, -0.2) is 0 Å². The van der Waals surface area contributed by atoms with Crippen molar-refractivity contribution < 1.29 is 23.2 Å². The molecule has 0 aliphatic heterocycles. The van der Waals surface area contributed by atoms with E-state index < -0.39 is 8.80 Å². The third-order valence-corrected chi connectivity index (χ3v) is 7.08. The summed E-state index contributed by atoms with van der Waals surface area (Å²) < 4.78 is 16.0. The second-order valence-electron chi connectivity index (χ2n) is 4.39. The second-order valence-corrected chi connectivity index (χ2v) is 8.63. The highest BCUT2D eigenvalue weighted by Crippen LogP contribution is 2.18. The fourth-order valence-electron chi connectivity index (χ4n) is 1.64. The molecule has 20 heavy (non-hydrogen) atoms. The molecule has 0 radical (unpaired) electrons. The topological polar surface area (TPSA) is 77.0 Å². The van der Waals surface area contributed by atoms with Crippen LogP contribution in [0.15, 0.2) is 0 Å². The molecule has 2 N–H and O–H groups in total. The fourth-order valence-corrected chi connectivity index (χ4v) is 4.63. The van der Waals surface area contributed by atoms with Crippen molar-refractivity contribution in [2.75, 3.05) is 46.0 Å². The highest BCUT2D eigenvalue weighted by atomic mass is 32.2. The summed E-state index contributed by atoms with van der Waals surface area (Å²) in [4.78, 5) is 11.6. The number of hydrogen-bond acceptors (Lipinski definition) is 6. The normalized spacial score (nSPS) is 13.2. The van der Waals surface area contributed by atoms with E-state index in [9.17, 15) is 4.79 Å². The third-order valence-electron chi connectivity index (χ3n) is 2.93. The second kappa shape index (κ2) is 11.5. The lowest BCUT2D eigenvalue weighted by molar-refractivity contribution is -0.123. The number of aliphatic hydroxyl groups is 1. The molecule has 0 spiro atoms.